The van der Waals surface area contributed by atoms with Crippen LogP contribution in [0.2, 0.25) is 0 Å². The first-order valence-electron chi connectivity index (χ1n) is 3.18. The first-order chi connectivity index (χ1) is 4.75. The third kappa shape index (κ3) is 1.46. The van der Waals surface area contributed by atoms with Crippen LogP contribution >= 0.6 is 0 Å². The lowest BCUT2D eigenvalue weighted by atomic mass is 10.2. The highest BCUT2D eigenvalue weighted by atomic mass is 16.4. The molecule has 1 unspecified atom stereocenters. The highest BCUT2D eigenvalue weighted by Gasteiger charge is 2.35. The molecule has 0 heterocycles. The van der Waals surface area contributed by atoms with Gasteiger partial charge in [0.15, 0.2) is 0 Å². The molecule has 1 aliphatic carbocycles. The van der Waals surface area contributed by atoms with E-state index < -0.39 is 12.0 Å². The van der Waals surface area contributed by atoms with Crippen LogP contribution < -0.4 is 5.32 Å². The average Bonchev–Trinajstić information content (AvgIpc) is 2.63. The highest BCUT2D eigenvalue weighted by Crippen LogP contribution is 2.32. The Kier molecular flexibility index (Phi) is 1.89. The van der Waals surface area contributed by atoms with E-state index in [2.05, 4.69) is 5.32 Å². The number of rotatable bonds is 4. The van der Waals surface area contributed by atoms with Gasteiger partial charge in [-0.15, -0.1) is 0 Å². The fourth-order valence-electron chi connectivity index (χ4n) is 0.912. The summed E-state index contributed by atoms with van der Waals surface area (Å²) in [7, 11) is 0. The summed E-state index contributed by atoms with van der Waals surface area (Å²) in [5, 5.41) is 10.8. The molecule has 1 amide bonds. The molecule has 56 valence electrons. The molecule has 0 saturated heterocycles. The number of amides is 1. The van der Waals surface area contributed by atoms with E-state index in [4.69, 9.17) is 5.11 Å². The van der Waals surface area contributed by atoms with Crippen molar-refractivity contribution in [3.05, 3.63) is 0 Å². The van der Waals surface area contributed by atoms with Crippen LogP contribution in [0, 0.1) is 5.92 Å². The molecule has 1 atom stereocenters. The Labute approximate surface area is 58.2 Å². The smallest absolute Gasteiger partial charge is 0.326 e. The third-order valence-corrected chi connectivity index (χ3v) is 1.61. The number of carbonyl (C=O) groups is 2. The van der Waals surface area contributed by atoms with Gasteiger partial charge in [0.1, 0.15) is 6.04 Å². The molecule has 0 radical (unpaired) electrons. The second-order valence-electron chi connectivity index (χ2n) is 2.44. The van der Waals surface area contributed by atoms with Crippen molar-refractivity contribution in [1.29, 1.82) is 0 Å². The van der Waals surface area contributed by atoms with Gasteiger partial charge in [0.2, 0.25) is 6.41 Å². The standard InChI is InChI=1S/C6H9NO3/c8-3-7-5(6(9)10)4-1-2-4/h3-5H,1-2H2,(H,7,8)(H,9,10). The van der Waals surface area contributed by atoms with Gasteiger partial charge in [0, 0.05) is 0 Å². The maximum atomic E-state index is 10.3. The zero-order chi connectivity index (χ0) is 7.56. The summed E-state index contributed by atoms with van der Waals surface area (Å²) in [5.41, 5.74) is 0. The molecule has 0 aromatic carbocycles. The van der Waals surface area contributed by atoms with Crippen LogP contribution in [0.25, 0.3) is 0 Å². The molecule has 0 spiro atoms. The first-order valence-corrected chi connectivity index (χ1v) is 3.18. The van der Waals surface area contributed by atoms with Crippen molar-refractivity contribution in [2.75, 3.05) is 0 Å². The minimum atomic E-state index is -0.936. The van der Waals surface area contributed by atoms with Crippen LogP contribution in [0.3, 0.4) is 0 Å². The van der Waals surface area contributed by atoms with Crippen molar-refractivity contribution >= 4 is 12.4 Å². The summed E-state index contributed by atoms with van der Waals surface area (Å²) in [5.74, 6) is -0.766. The van der Waals surface area contributed by atoms with Gasteiger partial charge in [0.25, 0.3) is 0 Å². The molecule has 10 heavy (non-hydrogen) atoms. The van der Waals surface area contributed by atoms with Crippen LogP contribution in [-0.4, -0.2) is 23.5 Å². The van der Waals surface area contributed by atoms with E-state index >= 15 is 0 Å². The van der Waals surface area contributed by atoms with E-state index in [-0.39, 0.29) is 5.92 Å². The molecule has 1 saturated carbocycles. The predicted octanol–water partition coefficient (Wildman–Crippen LogP) is -0.404. The fraction of sp³-hybridized carbons (Fsp3) is 0.667. The maximum absolute atomic E-state index is 10.3. The van der Waals surface area contributed by atoms with E-state index in [1.54, 1.807) is 0 Å². The van der Waals surface area contributed by atoms with Gasteiger partial charge >= 0.3 is 5.97 Å². The van der Waals surface area contributed by atoms with Gasteiger partial charge in [-0.05, 0) is 18.8 Å². The molecular weight excluding hydrogens is 134 g/mol. The third-order valence-electron chi connectivity index (χ3n) is 1.61. The van der Waals surface area contributed by atoms with Crippen LogP contribution in [0.5, 0.6) is 0 Å². The number of hydrogen-bond acceptors (Lipinski definition) is 2. The van der Waals surface area contributed by atoms with Gasteiger partial charge in [0.05, 0.1) is 0 Å². The highest BCUT2D eigenvalue weighted by molar-refractivity contribution is 5.77. The minimum absolute atomic E-state index is 0.169. The summed E-state index contributed by atoms with van der Waals surface area (Å²) in [6, 6.07) is -0.655. The van der Waals surface area contributed by atoms with Gasteiger partial charge in [-0.3, -0.25) is 4.79 Å². The average molecular weight is 143 g/mol. The molecule has 0 aliphatic heterocycles. The summed E-state index contributed by atoms with van der Waals surface area (Å²) in [6.45, 7) is 0. The molecule has 1 rings (SSSR count). The molecular formula is C6H9NO3. The van der Waals surface area contributed by atoms with E-state index in [9.17, 15) is 9.59 Å². The van der Waals surface area contributed by atoms with E-state index in [1.165, 1.54) is 0 Å². The lowest BCUT2D eigenvalue weighted by molar-refractivity contribution is -0.141. The summed E-state index contributed by atoms with van der Waals surface area (Å²) >= 11 is 0. The molecule has 4 heteroatoms. The van der Waals surface area contributed by atoms with Crippen LogP contribution in [0.4, 0.5) is 0 Å². The van der Waals surface area contributed by atoms with Crippen LogP contribution in [0.15, 0.2) is 0 Å². The molecule has 0 bridgehead atoms. The monoisotopic (exact) mass is 143 g/mol. The summed E-state index contributed by atoms with van der Waals surface area (Å²) in [4.78, 5) is 20.2. The summed E-state index contributed by atoms with van der Waals surface area (Å²) in [6.07, 6.45) is 2.27. The van der Waals surface area contributed by atoms with Crippen molar-refractivity contribution in [2.45, 2.75) is 18.9 Å². The quantitative estimate of drug-likeness (QED) is 0.526. The van der Waals surface area contributed by atoms with E-state index in [1.807, 2.05) is 0 Å². The second-order valence-corrected chi connectivity index (χ2v) is 2.44. The van der Waals surface area contributed by atoms with Gasteiger partial charge in [-0.2, -0.15) is 0 Å². The molecule has 1 aliphatic rings. The summed E-state index contributed by atoms with van der Waals surface area (Å²) < 4.78 is 0. The number of aliphatic carboxylic acids is 1. The molecule has 2 N–H and O–H groups in total. The Bertz CT molecular complexity index is 153. The number of carboxylic acid groups (broad SMARTS) is 1. The maximum Gasteiger partial charge on any atom is 0.326 e. The predicted molar refractivity (Wildman–Crippen MR) is 33.3 cm³/mol. The largest absolute Gasteiger partial charge is 0.480 e. The van der Waals surface area contributed by atoms with Crippen molar-refractivity contribution in [1.82, 2.24) is 5.32 Å². The number of carbonyl (C=O) groups excluding carboxylic acids is 1. The van der Waals surface area contributed by atoms with Crippen molar-refractivity contribution < 1.29 is 14.7 Å². The lowest BCUT2D eigenvalue weighted by Gasteiger charge is -2.07. The molecule has 4 nitrogen and oxygen atoms in total. The van der Waals surface area contributed by atoms with Crippen LogP contribution in [0.1, 0.15) is 12.8 Å². The lowest BCUT2D eigenvalue weighted by Crippen LogP contribution is -2.37. The Morgan fingerprint density at radius 3 is 2.60 bits per heavy atom. The van der Waals surface area contributed by atoms with Crippen LogP contribution in [-0.2, 0) is 9.59 Å². The fourth-order valence-corrected chi connectivity index (χ4v) is 0.912. The van der Waals surface area contributed by atoms with Gasteiger partial charge in [-0.1, -0.05) is 0 Å². The van der Waals surface area contributed by atoms with Gasteiger partial charge < -0.3 is 10.4 Å². The second kappa shape index (κ2) is 2.68. The number of nitrogens with one attached hydrogen (secondary N) is 1. The molecule has 0 aromatic rings. The Morgan fingerprint density at radius 1 is 1.70 bits per heavy atom. The number of carboxylic acids is 1. The first kappa shape index (κ1) is 7.05. The normalized spacial score (nSPS) is 19.6. The van der Waals surface area contributed by atoms with E-state index in [0.717, 1.165) is 12.8 Å². The topological polar surface area (TPSA) is 66.4 Å². The Morgan fingerprint density at radius 2 is 2.30 bits per heavy atom. The van der Waals surface area contributed by atoms with Crippen molar-refractivity contribution in [2.24, 2.45) is 5.92 Å². The Balaban J connectivity index is 2.41. The van der Waals surface area contributed by atoms with E-state index in [0.29, 0.717) is 6.41 Å². The zero-order valence-electron chi connectivity index (χ0n) is 5.41. The Hall–Kier alpha value is -1.06. The van der Waals surface area contributed by atoms with Crippen molar-refractivity contribution in [3.8, 4) is 0 Å². The van der Waals surface area contributed by atoms with Gasteiger partial charge in [-0.25, -0.2) is 4.79 Å². The number of hydrogen-bond donors (Lipinski definition) is 2. The minimum Gasteiger partial charge on any atom is -0.480 e. The molecule has 0 aromatic heterocycles. The SMILES string of the molecule is O=CNC(C(=O)O)C1CC1. The van der Waals surface area contributed by atoms with Crippen molar-refractivity contribution in [3.63, 3.8) is 0 Å². The zero-order valence-corrected chi connectivity index (χ0v) is 5.41. The molecule has 1 fully saturated rings.